The Hall–Kier alpha value is -2.77. The molecule has 2 rings (SSSR count). The SMILES string of the molecule is C#Cc1cccc(NC(=O)N[C@H](CCCO)c2ccccc2)c1. The van der Waals surface area contributed by atoms with E-state index in [1.54, 1.807) is 24.3 Å². The summed E-state index contributed by atoms with van der Waals surface area (Å²) in [6, 6.07) is 16.4. The Bertz CT molecular complexity index is 677. The summed E-state index contributed by atoms with van der Waals surface area (Å²) in [5.74, 6) is 2.54. The van der Waals surface area contributed by atoms with Crippen molar-refractivity contribution in [1.82, 2.24) is 5.32 Å². The van der Waals surface area contributed by atoms with Crippen LogP contribution in [-0.4, -0.2) is 17.7 Å². The Balaban J connectivity index is 2.03. The lowest BCUT2D eigenvalue weighted by molar-refractivity contribution is 0.244. The molecule has 4 heteroatoms. The third kappa shape index (κ3) is 5.17. The largest absolute Gasteiger partial charge is 0.396 e. The van der Waals surface area contributed by atoms with E-state index < -0.39 is 0 Å². The Labute approximate surface area is 136 Å². The van der Waals surface area contributed by atoms with Gasteiger partial charge in [0.15, 0.2) is 0 Å². The normalized spacial score (nSPS) is 11.3. The number of amides is 2. The molecule has 2 aromatic rings. The van der Waals surface area contributed by atoms with Crippen molar-refractivity contribution in [1.29, 1.82) is 0 Å². The van der Waals surface area contributed by atoms with Gasteiger partial charge < -0.3 is 15.7 Å². The molecule has 0 spiro atoms. The van der Waals surface area contributed by atoms with Gasteiger partial charge >= 0.3 is 6.03 Å². The summed E-state index contributed by atoms with van der Waals surface area (Å²) in [6.07, 6.45) is 6.64. The molecule has 3 N–H and O–H groups in total. The lowest BCUT2D eigenvalue weighted by atomic mass is 10.0. The van der Waals surface area contributed by atoms with Crippen molar-refractivity contribution < 1.29 is 9.90 Å². The number of aliphatic hydroxyl groups is 1. The molecule has 2 amide bonds. The van der Waals surface area contributed by atoms with E-state index in [1.807, 2.05) is 30.3 Å². The summed E-state index contributed by atoms with van der Waals surface area (Å²) in [5.41, 5.74) is 2.36. The number of carbonyl (C=O) groups is 1. The molecule has 0 aromatic heterocycles. The zero-order valence-corrected chi connectivity index (χ0v) is 12.8. The highest BCUT2D eigenvalue weighted by Gasteiger charge is 2.14. The minimum Gasteiger partial charge on any atom is -0.396 e. The molecule has 0 fully saturated rings. The van der Waals surface area contributed by atoms with Crippen LogP contribution in [0.15, 0.2) is 54.6 Å². The minimum atomic E-state index is -0.300. The van der Waals surface area contributed by atoms with Crippen molar-refractivity contribution in [3.8, 4) is 12.3 Å². The molecule has 0 saturated carbocycles. The summed E-state index contributed by atoms with van der Waals surface area (Å²) < 4.78 is 0. The van der Waals surface area contributed by atoms with Crippen LogP contribution in [0.4, 0.5) is 10.5 Å². The first-order valence-electron chi connectivity index (χ1n) is 7.53. The van der Waals surface area contributed by atoms with E-state index in [9.17, 15) is 4.79 Å². The van der Waals surface area contributed by atoms with Crippen LogP contribution in [0.1, 0.15) is 30.0 Å². The third-order valence-electron chi connectivity index (χ3n) is 3.45. The molecule has 23 heavy (non-hydrogen) atoms. The Kier molecular flexibility index (Phi) is 6.22. The molecule has 0 bridgehead atoms. The second kappa shape index (κ2) is 8.62. The van der Waals surface area contributed by atoms with Crippen molar-refractivity contribution in [2.45, 2.75) is 18.9 Å². The Morgan fingerprint density at radius 2 is 1.96 bits per heavy atom. The van der Waals surface area contributed by atoms with Crippen LogP contribution in [0.2, 0.25) is 0 Å². The lowest BCUT2D eigenvalue weighted by Crippen LogP contribution is -2.32. The van der Waals surface area contributed by atoms with Gasteiger partial charge in [0.25, 0.3) is 0 Å². The van der Waals surface area contributed by atoms with Crippen molar-refractivity contribution in [3.05, 3.63) is 65.7 Å². The van der Waals surface area contributed by atoms with Crippen LogP contribution in [0.25, 0.3) is 0 Å². The zero-order valence-electron chi connectivity index (χ0n) is 12.8. The fraction of sp³-hybridized carbons (Fsp3) is 0.211. The average Bonchev–Trinajstić information content (AvgIpc) is 2.59. The maximum atomic E-state index is 12.2. The van der Waals surface area contributed by atoms with Crippen LogP contribution < -0.4 is 10.6 Å². The Morgan fingerprint density at radius 3 is 2.65 bits per heavy atom. The number of aliphatic hydroxyl groups excluding tert-OH is 1. The van der Waals surface area contributed by atoms with Crippen molar-refractivity contribution in [2.24, 2.45) is 0 Å². The summed E-state index contributed by atoms with van der Waals surface area (Å²) >= 11 is 0. The van der Waals surface area contributed by atoms with Gasteiger partial charge in [-0.3, -0.25) is 0 Å². The number of terminal acetylenes is 1. The van der Waals surface area contributed by atoms with Gasteiger partial charge in [0.1, 0.15) is 0 Å². The zero-order chi connectivity index (χ0) is 16.5. The maximum Gasteiger partial charge on any atom is 0.319 e. The number of hydrogen-bond donors (Lipinski definition) is 3. The second-order valence-corrected chi connectivity index (χ2v) is 5.15. The molecule has 0 saturated heterocycles. The standard InChI is InChI=1S/C19H20N2O2/c1-2-15-8-6-11-17(14-15)20-19(23)21-18(12-7-13-22)16-9-4-3-5-10-16/h1,3-6,8-11,14,18,22H,7,12-13H2,(H2,20,21,23)/t18-/m1/s1. The van der Waals surface area contributed by atoms with Gasteiger partial charge in [-0.25, -0.2) is 4.79 Å². The van der Waals surface area contributed by atoms with Gasteiger partial charge in [0.2, 0.25) is 0 Å². The first-order valence-corrected chi connectivity index (χ1v) is 7.53. The third-order valence-corrected chi connectivity index (χ3v) is 3.45. The van der Waals surface area contributed by atoms with Gasteiger partial charge in [-0.1, -0.05) is 42.3 Å². The summed E-state index contributed by atoms with van der Waals surface area (Å²) in [4.78, 5) is 12.2. The fourth-order valence-corrected chi connectivity index (χ4v) is 2.32. The van der Waals surface area contributed by atoms with Gasteiger partial charge in [-0.05, 0) is 36.6 Å². The van der Waals surface area contributed by atoms with Crippen LogP contribution in [-0.2, 0) is 0 Å². The second-order valence-electron chi connectivity index (χ2n) is 5.15. The Morgan fingerprint density at radius 1 is 1.17 bits per heavy atom. The van der Waals surface area contributed by atoms with Crippen LogP contribution in [0.5, 0.6) is 0 Å². The molecule has 0 aliphatic heterocycles. The van der Waals surface area contributed by atoms with E-state index in [0.29, 0.717) is 24.1 Å². The number of nitrogens with one attached hydrogen (secondary N) is 2. The number of anilines is 1. The number of benzene rings is 2. The monoisotopic (exact) mass is 308 g/mol. The predicted octanol–water partition coefficient (Wildman–Crippen LogP) is 3.30. The molecular formula is C19H20N2O2. The van der Waals surface area contributed by atoms with Crippen LogP contribution >= 0.6 is 0 Å². The lowest BCUT2D eigenvalue weighted by Gasteiger charge is -2.19. The highest BCUT2D eigenvalue weighted by atomic mass is 16.3. The summed E-state index contributed by atoms with van der Waals surface area (Å²) in [7, 11) is 0. The first kappa shape index (κ1) is 16.6. The van der Waals surface area contributed by atoms with E-state index in [-0.39, 0.29) is 18.7 Å². The topological polar surface area (TPSA) is 61.4 Å². The quantitative estimate of drug-likeness (QED) is 0.717. The molecule has 118 valence electrons. The average molecular weight is 308 g/mol. The minimum absolute atomic E-state index is 0.0941. The van der Waals surface area contributed by atoms with E-state index in [2.05, 4.69) is 16.6 Å². The highest BCUT2D eigenvalue weighted by molar-refractivity contribution is 5.89. The van der Waals surface area contributed by atoms with E-state index in [4.69, 9.17) is 11.5 Å². The van der Waals surface area contributed by atoms with E-state index in [0.717, 1.165) is 5.56 Å². The number of rotatable bonds is 6. The molecule has 0 aliphatic carbocycles. The molecule has 0 radical (unpaired) electrons. The van der Waals surface area contributed by atoms with Crippen molar-refractivity contribution in [3.63, 3.8) is 0 Å². The number of carbonyl (C=O) groups excluding carboxylic acids is 1. The highest BCUT2D eigenvalue weighted by Crippen LogP contribution is 2.18. The number of urea groups is 1. The maximum absolute atomic E-state index is 12.2. The molecule has 2 aromatic carbocycles. The summed E-state index contributed by atoms with van der Waals surface area (Å²) in [6.45, 7) is 0.0941. The molecule has 0 unspecified atom stereocenters. The number of hydrogen-bond acceptors (Lipinski definition) is 2. The van der Waals surface area contributed by atoms with Crippen molar-refractivity contribution in [2.75, 3.05) is 11.9 Å². The predicted molar refractivity (Wildman–Crippen MR) is 92.0 cm³/mol. The molecule has 0 aliphatic rings. The summed E-state index contributed by atoms with van der Waals surface area (Å²) in [5, 5.41) is 14.8. The van der Waals surface area contributed by atoms with E-state index >= 15 is 0 Å². The smallest absolute Gasteiger partial charge is 0.319 e. The van der Waals surface area contributed by atoms with Gasteiger partial charge in [-0.2, -0.15) is 0 Å². The van der Waals surface area contributed by atoms with Crippen LogP contribution in [0.3, 0.4) is 0 Å². The first-order chi connectivity index (χ1) is 11.2. The van der Waals surface area contributed by atoms with Crippen LogP contribution in [0, 0.1) is 12.3 Å². The molecular weight excluding hydrogens is 288 g/mol. The van der Waals surface area contributed by atoms with Gasteiger partial charge in [0, 0.05) is 17.9 Å². The fourth-order valence-electron chi connectivity index (χ4n) is 2.32. The van der Waals surface area contributed by atoms with Gasteiger partial charge in [0.05, 0.1) is 6.04 Å². The molecule has 1 atom stereocenters. The van der Waals surface area contributed by atoms with E-state index in [1.165, 1.54) is 0 Å². The van der Waals surface area contributed by atoms with Gasteiger partial charge in [-0.15, -0.1) is 6.42 Å². The van der Waals surface area contributed by atoms with Crippen molar-refractivity contribution >= 4 is 11.7 Å². The molecule has 0 heterocycles. The molecule has 4 nitrogen and oxygen atoms in total.